The number of halogens is 1. The number of aliphatic hydroxyl groups is 1. The highest BCUT2D eigenvalue weighted by molar-refractivity contribution is 6.30. The quantitative estimate of drug-likeness (QED) is 0.737. The number of hydrogen-bond donors (Lipinski definition) is 1. The topological polar surface area (TPSA) is 20.2 Å². The first-order valence-electron chi connectivity index (χ1n) is 4.21. The lowest BCUT2D eigenvalue weighted by atomic mass is 9.98. The highest BCUT2D eigenvalue weighted by Gasteiger charge is 2.12. The molecule has 0 fully saturated rings. The summed E-state index contributed by atoms with van der Waals surface area (Å²) in [6.45, 7) is 5.56. The second kappa shape index (κ2) is 4.45. The first-order chi connectivity index (χ1) is 6.15. The monoisotopic (exact) mass is 196 g/mol. The largest absolute Gasteiger partial charge is 0.388 e. The Hall–Kier alpha value is -0.790. The average Bonchev–Trinajstić information content (AvgIpc) is 2.17. The van der Waals surface area contributed by atoms with Crippen LogP contribution in [0.1, 0.15) is 18.6 Å². The van der Waals surface area contributed by atoms with Crippen LogP contribution >= 0.6 is 11.6 Å². The fourth-order valence-corrected chi connectivity index (χ4v) is 1.22. The third-order valence-electron chi connectivity index (χ3n) is 2.08. The molecule has 0 aliphatic rings. The van der Waals surface area contributed by atoms with Crippen LogP contribution in [0.3, 0.4) is 0 Å². The summed E-state index contributed by atoms with van der Waals surface area (Å²) < 4.78 is 0. The Morgan fingerprint density at radius 2 is 1.92 bits per heavy atom. The Balaban J connectivity index is 2.82. The van der Waals surface area contributed by atoms with E-state index in [9.17, 15) is 5.11 Å². The average molecular weight is 197 g/mol. The van der Waals surface area contributed by atoms with Gasteiger partial charge in [-0.3, -0.25) is 0 Å². The van der Waals surface area contributed by atoms with E-state index in [1.165, 1.54) is 0 Å². The minimum Gasteiger partial charge on any atom is -0.388 e. The molecule has 0 spiro atoms. The molecule has 0 radical (unpaired) electrons. The summed E-state index contributed by atoms with van der Waals surface area (Å²) in [4.78, 5) is 0. The fraction of sp³-hybridized carbons (Fsp3) is 0.273. The van der Waals surface area contributed by atoms with Crippen molar-refractivity contribution in [2.45, 2.75) is 13.0 Å². The van der Waals surface area contributed by atoms with Gasteiger partial charge in [0.15, 0.2) is 0 Å². The van der Waals surface area contributed by atoms with Crippen molar-refractivity contribution < 1.29 is 5.11 Å². The molecule has 0 saturated heterocycles. The number of rotatable bonds is 3. The van der Waals surface area contributed by atoms with Crippen LogP contribution in [0.4, 0.5) is 0 Å². The maximum absolute atomic E-state index is 9.77. The first kappa shape index (κ1) is 10.3. The molecule has 0 unspecified atom stereocenters. The van der Waals surface area contributed by atoms with E-state index >= 15 is 0 Å². The second-order valence-electron chi connectivity index (χ2n) is 3.09. The minimum absolute atomic E-state index is 0.0566. The highest BCUT2D eigenvalue weighted by Crippen LogP contribution is 2.23. The highest BCUT2D eigenvalue weighted by atomic mass is 35.5. The predicted octanol–water partition coefficient (Wildman–Crippen LogP) is 3.20. The van der Waals surface area contributed by atoms with Gasteiger partial charge in [-0.15, -0.1) is 6.58 Å². The molecule has 13 heavy (non-hydrogen) atoms. The fourth-order valence-electron chi connectivity index (χ4n) is 1.09. The number of benzene rings is 1. The molecule has 0 amide bonds. The van der Waals surface area contributed by atoms with Crippen molar-refractivity contribution in [3.05, 3.63) is 47.5 Å². The lowest BCUT2D eigenvalue weighted by Gasteiger charge is -2.15. The van der Waals surface area contributed by atoms with Gasteiger partial charge in [0.05, 0.1) is 6.10 Å². The molecular weight excluding hydrogens is 184 g/mol. The lowest BCUT2D eigenvalue weighted by Crippen LogP contribution is -2.05. The van der Waals surface area contributed by atoms with Gasteiger partial charge in [0, 0.05) is 10.9 Å². The molecule has 0 saturated carbocycles. The van der Waals surface area contributed by atoms with E-state index in [0.29, 0.717) is 5.02 Å². The predicted molar refractivity (Wildman–Crippen MR) is 55.8 cm³/mol. The van der Waals surface area contributed by atoms with Crippen LogP contribution in [0.15, 0.2) is 36.9 Å². The van der Waals surface area contributed by atoms with Crippen molar-refractivity contribution in [2.24, 2.45) is 5.92 Å². The molecule has 0 aliphatic carbocycles. The van der Waals surface area contributed by atoms with Gasteiger partial charge in [0.1, 0.15) is 0 Å². The molecule has 0 heterocycles. The van der Waals surface area contributed by atoms with Gasteiger partial charge in [0.25, 0.3) is 0 Å². The smallest absolute Gasteiger partial charge is 0.0849 e. The van der Waals surface area contributed by atoms with Gasteiger partial charge in [-0.25, -0.2) is 0 Å². The summed E-state index contributed by atoms with van der Waals surface area (Å²) in [6.07, 6.45) is 1.24. The van der Waals surface area contributed by atoms with Crippen LogP contribution in [0, 0.1) is 5.92 Å². The van der Waals surface area contributed by atoms with Crippen molar-refractivity contribution in [3.8, 4) is 0 Å². The zero-order valence-corrected chi connectivity index (χ0v) is 8.33. The second-order valence-corrected chi connectivity index (χ2v) is 3.53. The van der Waals surface area contributed by atoms with Gasteiger partial charge < -0.3 is 5.11 Å². The summed E-state index contributed by atoms with van der Waals surface area (Å²) >= 11 is 5.73. The molecule has 0 aliphatic heterocycles. The Morgan fingerprint density at radius 1 is 1.38 bits per heavy atom. The van der Waals surface area contributed by atoms with Gasteiger partial charge in [-0.1, -0.05) is 36.7 Å². The molecule has 1 N–H and O–H groups in total. The standard InChI is InChI=1S/C11H13ClO/c1-3-8(2)11(13)9-4-6-10(12)7-5-9/h3-8,11,13H,1H2,2H3/t8-,11-/m0/s1. The van der Waals surface area contributed by atoms with E-state index in [0.717, 1.165) is 5.56 Å². The Labute approximate surface area is 83.7 Å². The van der Waals surface area contributed by atoms with Gasteiger partial charge >= 0.3 is 0 Å². The third kappa shape index (κ3) is 2.58. The minimum atomic E-state index is -0.491. The summed E-state index contributed by atoms with van der Waals surface area (Å²) in [5.41, 5.74) is 0.872. The molecule has 70 valence electrons. The van der Waals surface area contributed by atoms with E-state index in [-0.39, 0.29) is 5.92 Å². The van der Waals surface area contributed by atoms with E-state index in [4.69, 9.17) is 11.6 Å². The molecule has 1 aromatic carbocycles. The molecule has 1 nitrogen and oxygen atoms in total. The van der Waals surface area contributed by atoms with Gasteiger partial charge in [0.2, 0.25) is 0 Å². The lowest BCUT2D eigenvalue weighted by molar-refractivity contribution is 0.140. The van der Waals surface area contributed by atoms with Crippen LogP contribution in [0.5, 0.6) is 0 Å². The number of aliphatic hydroxyl groups excluding tert-OH is 1. The normalized spacial score (nSPS) is 15.0. The summed E-state index contributed by atoms with van der Waals surface area (Å²) in [6, 6.07) is 7.20. The maximum Gasteiger partial charge on any atom is 0.0849 e. The third-order valence-corrected chi connectivity index (χ3v) is 2.33. The zero-order valence-electron chi connectivity index (χ0n) is 7.57. The van der Waals surface area contributed by atoms with E-state index in [1.807, 2.05) is 19.1 Å². The summed E-state index contributed by atoms with van der Waals surface area (Å²) in [5, 5.41) is 10.4. The van der Waals surface area contributed by atoms with Crippen LogP contribution in [0.25, 0.3) is 0 Å². The Bertz CT molecular complexity index is 279. The number of hydrogen-bond acceptors (Lipinski definition) is 1. The Kier molecular flexibility index (Phi) is 3.52. The Morgan fingerprint density at radius 3 is 2.38 bits per heavy atom. The SMILES string of the molecule is C=C[C@H](C)[C@H](O)c1ccc(Cl)cc1. The van der Waals surface area contributed by atoms with E-state index < -0.39 is 6.10 Å². The van der Waals surface area contributed by atoms with E-state index in [2.05, 4.69) is 6.58 Å². The van der Waals surface area contributed by atoms with Crippen molar-refractivity contribution in [2.75, 3.05) is 0 Å². The van der Waals surface area contributed by atoms with Crippen LogP contribution < -0.4 is 0 Å². The molecule has 0 bridgehead atoms. The molecule has 1 rings (SSSR count). The van der Waals surface area contributed by atoms with Crippen molar-refractivity contribution in [3.63, 3.8) is 0 Å². The van der Waals surface area contributed by atoms with Crippen molar-refractivity contribution in [1.29, 1.82) is 0 Å². The maximum atomic E-state index is 9.77. The summed E-state index contributed by atoms with van der Waals surface area (Å²) in [5.74, 6) is 0.0566. The molecule has 1 aromatic rings. The van der Waals surface area contributed by atoms with E-state index in [1.54, 1.807) is 18.2 Å². The zero-order chi connectivity index (χ0) is 9.84. The van der Waals surface area contributed by atoms with Crippen molar-refractivity contribution >= 4 is 11.6 Å². The first-order valence-corrected chi connectivity index (χ1v) is 4.59. The summed E-state index contributed by atoms with van der Waals surface area (Å²) in [7, 11) is 0. The molecule has 0 aromatic heterocycles. The van der Waals surface area contributed by atoms with Crippen molar-refractivity contribution in [1.82, 2.24) is 0 Å². The van der Waals surface area contributed by atoms with Crippen LogP contribution in [0.2, 0.25) is 5.02 Å². The van der Waals surface area contributed by atoms with Crippen LogP contribution in [-0.4, -0.2) is 5.11 Å². The molecule has 2 atom stereocenters. The van der Waals surface area contributed by atoms with Gasteiger partial charge in [-0.05, 0) is 17.7 Å². The van der Waals surface area contributed by atoms with Crippen LogP contribution in [-0.2, 0) is 0 Å². The van der Waals surface area contributed by atoms with Gasteiger partial charge in [-0.2, -0.15) is 0 Å². The molecular formula is C11H13ClO. The molecule has 2 heteroatoms.